The van der Waals surface area contributed by atoms with Gasteiger partial charge in [0.25, 0.3) is 0 Å². The van der Waals surface area contributed by atoms with E-state index in [1.54, 1.807) is 0 Å². The van der Waals surface area contributed by atoms with Crippen LogP contribution >= 0.6 is 0 Å². The minimum Gasteiger partial charge on any atom is -0.354 e. The Hall–Kier alpha value is -1.39. The Labute approximate surface area is 133 Å². The van der Waals surface area contributed by atoms with E-state index < -0.39 is 0 Å². The van der Waals surface area contributed by atoms with Crippen LogP contribution in [0.2, 0.25) is 0 Å². The second-order valence-corrected chi connectivity index (χ2v) is 6.58. The molecular weight excluding hydrogens is 274 g/mol. The molecule has 0 bridgehead atoms. The number of rotatable bonds is 6. The Morgan fingerprint density at radius 2 is 2.14 bits per heavy atom. The minimum absolute atomic E-state index is 0.0515. The number of nitrogens with one attached hydrogen (secondary N) is 2. The van der Waals surface area contributed by atoms with Crippen LogP contribution in [0.3, 0.4) is 0 Å². The summed E-state index contributed by atoms with van der Waals surface area (Å²) < 4.78 is 0. The maximum atomic E-state index is 12.0. The van der Waals surface area contributed by atoms with Gasteiger partial charge in [0, 0.05) is 19.6 Å². The Kier molecular flexibility index (Phi) is 5.46. The van der Waals surface area contributed by atoms with Crippen LogP contribution in [-0.2, 0) is 11.2 Å². The molecule has 2 aliphatic rings. The van der Waals surface area contributed by atoms with Crippen molar-refractivity contribution in [2.45, 2.75) is 31.7 Å². The first-order valence-corrected chi connectivity index (χ1v) is 8.58. The smallest absolute Gasteiger partial charge is 0.237 e. The Bertz CT molecular complexity index is 470. The molecule has 2 fully saturated rings. The van der Waals surface area contributed by atoms with Crippen molar-refractivity contribution >= 4 is 5.91 Å². The molecule has 2 N–H and O–H groups in total. The van der Waals surface area contributed by atoms with Gasteiger partial charge in [-0.3, -0.25) is 4.79 Å². The van der Waals surface area contributed by atoms with Crippen LogP contribution in [0.4, 0.5) is 0 Å². The van der Waals surface area contributed by atoms with Crippen LogP contribution in [0.15, 0.2) is 30.3 Å². The van der Waals surface area contributed by atoms with Gasteiger partial charge in [0.1, 0.15) is 0 Å². The molecule has 2 aliphatic heterocycles. The van der Waals surface area contributed by atoms with Crippen molar-refractivity contribution in [3.63, 3.8) is 0 Å². The fourth-order valence-corrected chi connectivity index (χ4v) is 3.49. The minimum atomic E-state index is 0.0515. The van der Waals surface area contributed by atoms with E-state index >= 15 is 0 Å². The van der Waals surface area contributed by atoms with Crippen molar-refractivity contribution in [3.8, 4) is 0 Å². The van der Waals surface area contributed by atoms with E-state index in [-0.39, 0.29) is 11.9 Å². The Morgan fingerprint density at radius 3 is 2.91 bits per heavy atom. The van der Waals surface area contributed by atoms with Crippen LogP contribution in [0.25, 0.3) is 0 Å². The number of benzene rings is 1. The van der Waals surface area contributed by atoms with Gasteiger partial charge in [0.2, 0.25) is 5.91 Å². The molecule has 0 spiro atoms. The third-order valence-corrected chi connectivity index (χ3v) is 4.87. The van der Waals surface area contributed by atoms with Crippen molar-refractivity contribution in [1.82, 2.24) is 15.5 Å². The number of nitrogens with zero attached hydrogens (tertiary/aromatic N) is 1. The maximum Gasteiger partial charge on any atom is 0.237 e. The fourth-order valence-electron chi connectivity index (χ4n) is 3.49. The SMILES string of the molecule is O=C(NCC1CCN(CCc2ccccc2)C1)[C@@H]1CCCN1. The van der Waals surface area contributed by atoms with Gasteiger partial charge in [-0.25, -0.2) is 0 Å². The van der Waals surface area contributed by atoms with E-state index in [1.807, 2.05) is 0 Å². The second kappa shape index (κ2) is 7.75. The largest absolute Gasteiger partial charge is 0.354 e. The molecule has 3 rings (SSSR count). The van der Waals surface area contributed by atoms with Gasteiger partial charge >= 0.3 is 0 Å². The van der Waals surface area contributed by atoms with Crippen LogP contribution in [0, 0.1) is 5.92 Å². The number of carbonyl (C=O) groups is 1. The summed E-state index contributed by atoms with van der Waals surface area (Å²) in [5.74, 6) is 0.807. The lowest BCUT2D eigenvalue weighted by Crippen LogP contribution is -2.42. The molecule has 1 amide bonds. The zero-order valence-electron chi connectivity index (χ0n) is 13.3. The zero-order valence-corrected chi connectivity index (χ0v) is 13.3. The molecule has 2 atom stereocenters. The fraction of sp³-hybridized carbons (Fsp3) is 0.611. The second-order valence-electron chi connectivity index (χ2n) is 6.58. The molecule has 4 nitrogen and oxygen atoms in total. The van der Waals surface area contributed by atoms with Crippen LogP contribution < -0.4 is 10.6 Å². The molecule has 0 aliphatic carbocycles. The summed E-state index contributed by atoms with van der Waals surface area (Å²) in [4.78, 5) is 14.5. The Morgan fingerprint density at radius 1 is 1.27 bits per heavy atom. The van der Waals surface area contributed by atoms with Gasteiger partial charge < -0.3 is 15.5 Å². The predicted molar refractivity (Wildman–Crippen MR) is 88.7 cm³/mol. The number of hydrogen-bond acceptors (Lipinski definition) is 3. The molecule has 4 heteroatoms. The van der Waals surface area contributed by atoms with E-state index in [0.717, 1.165) is 52.0 Å². The van der Waals surface area contributed by atoms with E-state index in [1.165, 1.54) is 12.0 Å². The molecule has 0 radical (unpaired) electrons. The van der Waals surface area contributed by atoms with Crippen molar-refractivity contribution in [3.05, 3.63) is 35.9 Å². The number of amides is 1. The van der Waals surface area contributed by atoms with Crippen LogP contribution in [0.5, 0.6) is 0 Å². The first kappa shape index (κ1) is 15.5. The van der Waals surface area contributed by atoms with Gasteiger partial charge in [-0.15, -0.1) is 0 Å². The molecular formula is C18H27N3O. The van der Waals surface area contributed by atoms with Crippen molar-refractivity contribution in [2.75, 3.05) is 32.7 Å². The molecule has 120 valence electrons. The van der Waals surface area contributed by atoms with Crippen molar-refractivity contribution in [2.24, 2.45) is 5.92 Å². The van der Waals surface area contributed by atoms with E-state index in [9.17, 15) is 4.79 Å². The molecule has 0 aromatic heterocycles. The van der Waals surface area contributed by atoms with Crippen molar-refractivity contribution < 1.29 is 4.79 Å². The molecule has 2 heterocycles. The van der Waals surface area contributed by atoms with E-state index in [0.29, 0.717) is 5.92 Å². The molecule has 1 unspecified atom stereocenters. The number of likely N-dealkylation sites (tertiary alicyclic amines) is 1. The Balaban J connectivity index is 1.34. The highest BCUT2D eigenvalue weighted by atomic mass is 16.2. The quantitative estimate of drug-likeness (QED) is 0.835. The standard InChI is InChI=1S/C18H27N3O/c22-18(17-7-4-10-19-17)20-13-16-9-12-21(14-16)11-8-15-5-2-1-3-6-15/h1-3,5-6,16-17,19H,4,7-14H2,(H,20,22)/t16?,17-/m0/s1. The number of carbonyl (C=O) groups excluding carboxylic acids is 1. The van der Waals surface area contributed by atoms with Crippen molar-refractivity contribution in [1.29, 1.82) is 0 Å². The maximum absolute atomic E-state index is 12.0. The van der Waals surface area contributed by atoms with Gasteiger partial charge in [0.15, 0.2) is 0 Å². The summed E-state index contributed by atoms with van der Waals surface area (Å²) in [5, 5.41) is 6.39. The highest BCUT2D eigenvalue weighted by molar-refractivity contribution is 5.81. The van der Waals surface area contributed by atoms with Gasteiger partial charge in [0.05, 0.1) is 6.04 Å². The summed E-state index contributed by atoms with van der Waals surface area (Å²) in [6.45, 7) is 5.21. The first-order chi connectivity index (χ1) is 10.8. The highest BCUT2D eigenvalue weighted by Gasteiger charge is 2.25. The lowest BCUT2D eigenvalue weighted by Gasteiger charge is -2.17. The predicted octanol–water partition coefficient (Wildman–Crippen LogP) is 1.42. The van der Waals surface area contributed by atoms with Gasteiger partial charge in [-0.2, -0.15) is 0 Å². The summed E-state index contributed by atoms with van der Waals surface area (Å²) in [7, 11) is 0. The molecule has 1 aromatic rings. The monoisotopic (exact) mass is 301 g/mol. The summed E-state index contributed by atoms with van der Waals surface area (Å²) >= 11 is 0. The molecule has 22 heavy (non-hydrogen) atoms. The first-order valence-electron chi connectivity index (χ1n) is 8.58. The van der Waals surface area contributed by atoms with Gasteiger partial charge in [-0.1, -0.05) is 30.3 Å². The van der Waals surface area contributed by atoms with Crippen LogP contribution in [-0.4, -0.2) is 49.6 Å². The highest BCUT2D eigenvalue weighted by Crippen LogP contribution is 2.16. The number of hydrogen-bond donors (Lipinski definition) is 2. The molecule has 1 aromatic carbocycles. The summed E-state index contributed by atoms with van der Waals surface area (Å²) in [6, 6.07) is 10.7. The summed E-state index contributed by atoms with van der Waals surface area (Å²) in [5.41, 5.74) is 1.41. The lowest BCUT2D eigenvalue weighted by molar-refractivity contribution is -0.122. The van der Waals surface area contributed by atoms with E-state index in [2.05, 4.69) is 45.9 Å². The third-order valence-electron chi connectivity index (χ3n) is 4.87. The molecule has 0 saturated carbocycles. The normalized spacial score (nSPS) is 25.5. The molecule has 2 saturated heterocycles. The van der Waals surface area contributed by atoms with Gasteiger partial charge in [-0.05, 0) is 50.3 Å². The third kappa shape index (κ3) is 4.31. The summed E-state index contributed by atoms with van der Waals surface area (Å²) in [6.07, 6.45) is 4.42. The topological polar surface area (TPSA) is 44.4 Å². The van der Waals surface area contributed by atoms with Crippen LogP contribution in [0.1, 0.15) is 24.8 Å². The average molecular weight is 301 g/mol. The zero-order chi connectivity index (χ0) is 15.2. The lowest BCUT2D eigenvalue weighted by atomic mass is 10.1. The average Bonchev–Trinajstić information content (AvgIpc) is 3.23. The van der Waals surface area contributed by atoms with E-state index in [4.69, 9.17) is 0 Å².